The van der Waals surface area contributed by atoms with Gasteiger partial charge in [-0.05, 0) is 17.7 Å². The van der Waals surface area contributed by atoms with E-state index in [1.54, 1.807) is 0 Å². The van der Waals surface area contributed by atoms with Crippen LogP contribution in [-0.4, -0.2) is 35.4 Å². The summed E-state index contributed by atoms with van der Waals surface area (Å²) >= 11 is 3.31. The van der Waals surface area contributed by atoms with E-state index in [0.29, 0.717) is 0 Å². The van der Waals surface area contributed by atoms with Crippen molar-refractivity contribution in [1.29, 1.82) is 0 Å². The van der Waals surface area contributed by atoms with Crippen molar-refractivity contribution >= 4 is 21.8 Å². The highest BCUT2D eigenvalue weighted by atomic mass is 79.9. The number of aliphatic hydroxyl groups is 2. The van der Waals surface area contributed by atoms with Gasteiger partial charge in [0.25, 0.3) is 0 Å². The highest BCUT2D eigenvalue weighted by Gasteiger charge is 2.06. The minimum absolute atomic E-state index is 0.0753. The number of rotatable bonds is 5. The quantitative estimate of drug-likeness (QED) is 0.737. The molecule has 0 aromatic heterocycles. The zero-order valence-corrected chi connectivity index (χ0v) is 10.3. The van der Waals surface area contributed by atoms with Crippen LogP contribution in [0.1, 0.15) is 5.56 Å². The number of nitrogens with one attached hydrogen (secondary N) is 1. The normalized spacial score (nSPS) is 12.2. The SMILES string of the molecule is O=C(Cc1ccc(Br)cc1)NCC(O)CO. The van der Waals surface area contributed by atoms with Gasteiger partial charge < -0.3 is 15.5 Å². The first kappa shape index (κ1) is 13.2. The summed E-state index contributed by atoms with van der Waals surface area (Å²) < 4.78 is 0.965. The predicted octanol–water partition coefficient (Wildman–Crippen LogP) is 0.461. The van der Waals surface area contributed by atoms with Gasteiger partial charge in [0.1, 0.15) is 0 Å². The maximum atomic E-state index is 11.4. The smallest absolute Gasteiger partial charge is 0.224 e. The number of carbonyl (C=O) groups is 1. The van der Waals surface area contributed by atoms with Crippen LogP contribution >= 0.6 is 15.9 Å². The standard InChI is InChI=1S/C11H14BrNO3/c12-9-3-1-8(2-4-9)5-11(16)13-6-10(15)7-14/h1-4,10,14-15H,5-7H2,(H,13,16). The fourth-order valence-electron chi connectivity index (χ4n) is 1.15. The van der Waals surface area contributed by atoms with Crippen LogP contribution in [0.5, 0.6) is 0 Å². The van der Waals surface area contributed by atoms with Crippen molar-refractivity contribution in [2.24, 2.45) is 0 Å². The third-order valence-corrected chi connectivity index (χ3v) is 2.55. The van der Waals surface area contributed by atoms with Crippen LogP contribution < -0.4 is 5.32 Å². The molecule has 1 amide bonds. The summed E-state index contributed by atoms with van der Waals surface area (Å²) in [4.78, 5) is 11.4. The van der Waals surface area contributed by atoms with Gasteiger partial charge in [0.05, 0.1) is 19.1 Å². The van der Waals surface area contributed by atoms with E-state index in [9.17, 15) is 4.79 Å². The Labute approximate surface area is 102 Å². The Morgan fingerprint density at radius 3 is 2.56 bits per heavy atom. The average Bonchev–Trinajstić information content (AvgIpc) is 2.29. The molecule has 0 heterocycles. The zero-order chi connectivity index (χ0) is 12.0. The van der Waals surface area contributed by atoms with E-state index in [-0.39, 0.29) is 25.5 Å². The molecule has 16 heavy (non-hydrogen) atoms. The van der Waals surface area contributed by atoms with Gasteiger partial charge in [-0.2, -0.15) is 0 Å². The molecule has 0 aliphatic carbocycles. The number of carbonyl (C=O) groups excluding carboxylic acids is 1. The second kappa shape index (κ2) is 6.62. The molecular weight excluding hydrogens is 274 g/mol. The fraction of sp³-hybridized carbons (Fsp3) is 0.364. The van der Waals surface area contributed by atoms with Gasteiger partial charge in [0, 0.05) is 11.0 Å². The van der Waals surface area contributed by atoms with Gasteiger partial charge >= 0.3 is 0 Å². The minimum Gasteiger partial charge on any atom is -0.394 e. The van der Waals surface area contributed by atoms with Crippen molar-refractivity contribution in [3.63, 3.8) is 0 Å². The molecule has 1 aromatic rings. The maximum absolute atomic E-state index is 11.4. The summed E-state index contributed by atoms with van der Waals surface area (Å²) in [5, 5.41) is 20.1. The lowest BCUT2D eigenvalue weighted by molar-refractivity contribution is -0.121. The van der Waals surface area contributed by atoms with Crippen LogP contribution in [0, 0.1) is 0 Å². The van der Waals surface area contributed by atoms with Gasteiger partial charge in [0.2, 0.25) is 5.91 Å². The van der Waals surface area contributed by atoms with Crippen LogP contribution in [0.25, 0.3) is 0 Å². The van der Waals surface area contributed by atoms with Crippen molar-refractivity contribution in [3.8, 4) is 0 Å². The molecule has 0 fully saturated rings. The third-order valence-electron chi connectivity index (χ3n) is 2.02. The van der Waals surface area contributed by atoms with E-state index in [1.165, 1.54) is 0 Å². The van der Waals surface area contributed by atoms with Gasteiger partial charge in [-0.3, -0.25) is 4.79 Å². The molecular formula is C11H14BrNO3. The molecule has 0 bridgehead atoms. The number of hydrogen-bond donors (Lipinski definition) is 3. The van der Waals surface area contributed by atoms with E-state index >= 15 is 0 Å². The van der Waals surface area contributed by atoms with Crippen LogP contribution in [0.3, 0.4) is 0 Å². The molecule has 0 radical (unpaired) electrons. The van der Waals surface area contributed by atoms with E-state index in [1.807, 2.05) is 24.3 Å². The third kappa shape index (κ3) is 4.74. The van der Waals surface area contributed by atoms with Crippen molar-refractivity contribution < 1.29 is 15.0 Å². The van der Waals surface area contributed by atoms with Gasteiger partial charge in [0.15, 0.2) is 0 Å². The van der Waals surface area contributed by atoms with E-state index in [0.717, 1.165) is 10.0 Å². The van der Waals surface area contributed by atoms with E-state index < -0.39 is 6.10 Å². The Morgan fingerprint density at radius 2 is 2.00 bits per heavy atom. The molecule has 1 atom stereocenters. The zero-order valence-electron chi connectivity index (χ0n) is 8.69. The molecule has 4 nitrogen and oxygen atoms in total. The minimum atomic E-state index is -0.895. The highest BCUT2D eigenvalue weighted by molar-refractivity contribution is 9.10. The molecule has 0 spiro atoms. The number of amides is 1. The van der Waals surface area contributed by atoms with Gasteiger partial charge in [-0.15, -0.1) is 0 Å². The largest absolute Gasteiger partial charge is 0.394 e. The van der Waals surface area contributed by atoms with Crippen LogP contribution in [0.15, 0.2) is 28.7 Å². The van der Waals surface area contributed by atoms with Crippen molar-refractivity contribution in [2.75, 3.05) is 13.2 Å². The monoisotopic (exact) mass is 287 g/mol. The van der Waals surface area contributed by atoms with Gasteiger partial charge in [-0.1, -0.05) is 28.1 Å². The summed E-state index contributed by atoms with van der Waals surface area (Å²) in [5.74, 6) is -0.171. The lowest BCUT2D eigenvalue weighted by Gasteiger charge is -2.08. The molecule has 88 valence electrons. The van der Waals surface area contributed by atoms with Crippen LogP contribution in [0.4, 0.5) is 0 Å². The summed E-state index contributed by atoms with van der Waals surface area (Å²) in [5.41, 5.74) is 0.902. The summed E-state index contributed by atoms with van der Waals surface area (Å²) in [6, 6.07) is 7.44. The predicted molar refractivity (Wildman–Crippen MR) is 63.9 cm³/mol. The second-order valence-electron chi connectivity index (χ2n) is 3.44. The fourth-order valence-corrected chi connectivity index (χ4v) is 1.41. The molecule has 0 aliphatic heterocycles. The topological polar surface area (TPSA) is 69.6 Å². The van der Waals surface area contributed by atoms with Crippen molar-refractivity contribution in [2.45, 2.75) is 12.5 Å². The number of aliphatic hydroxyl groups excluding tert-OH is 2. The first-order valence-corrected chi connectivity index (χ1v) is 5.71. The second-order valence-corrected chi connectivity index (χ2v) is 4.36. The Morgan fingerprint density at radius 1 is 1.38 bits per heavy atom. The highest BCUT2D eigenvalue weighted by Crippen LogP contribution is 2.10. The molecule has 1 aromatic carbocycles. The van der Waals surface area contributed by atoms with Crippen LogP contribution in [-0.2, 0) is 11.2 Å². The van der Waals surface area contributed by atoms with Crippen molar-refractivity contribution in [3.05, 3.63) is 34.3 Å². The molecule has 5 heteroatoms. The summed E-state index contributed by atoms with van der Waals surface area (Å²) in [6.07, 6.45) is -0.625. The first-order valence-electron chi connectivity index (χ1n) is 4.92. The number of benzene rings is 1. The summed E-state index contributed by atoms with van der Waals surface area (Å²) in [7, 11) is 0. The molecule has 0 saturated heterocycles. The van der Waals surface area contributed by atoms with E-state index in [2.05, 4.69) is 21.2 Å². The first-order chi connectivity index (χ1) is 7.61. The lowest BCUT2D eigenvalue weighted by Crippen LogP contribution is -2.34. The lowest BCUT2D eigenvalue weighted by atomic mass is 10.1. The van der Waals surface area contributed by atoms with E-state index in [4.69, 9.17) is 10.2 Å². The number of hydrogen-bond acceptors (Lipinski definition) is 3. The Kier molecular flexibility index (Phi) is 5.45. The van der Waals surface area contributed by atoms with Crippen molar-refractivity contribution in [1.82, 2.24) is 5.32 Å². The Bertz CT molecular complexity index is 340. The Balaban J connectivity index is 2.37. The maximum Gasteiger partial charge on any atom is 0.224 e. The summed E-state index contributed by atoms with van der Waals surface area (Å²) in [6.45, 7) is -0.273. The number of halogens is 1. The van der Waals surface area contributed by atoms with Crippen LogP contribution in [0.2, 0.25) is 0 Å². The molecule has 0 aliphatic rings. The molecule has 1 rings (SSSR count). The molecule has 0 saturated carbocycles. The van der Waals surface area contributed by atoms with Gasteiger partial charge in [-0.25, -0.2) is 0 Å². The average molecular weight is 288 g/mol. The molecule has 3 N–H and O–H groups in total. The Hall–Kier alpha value is -0.910. The molecule has 1 unspecified atom stereocenters.